The molecule has 0 aliphatic heterocycles. The Morgan fingerprint density at radius 2 is 1.65 bits per heavy atom. The van der Waals surface area contributed by atoms with Gasteiger partial charge in [-0.3, -0.25) is 14.4 Å². The molecule has 1 aromatic rings. The molecule has 0 heterocycles. The van der Waals surface area contributed by atoms with Crippen molar-refractivity contribution in [1.29, 1.82) is 0 Å². The van der Waals surface area contributed by atoms with Crippen molar-refractivity contribution in [2.45, 2.75) is 72.6 Å². The van der Waals surface area contributed by atoms with Gasteiger partial charge in [-0.25, -0.2) is 4.79 Å². The summed E-state index contributed by atoms with van der Waals surface area (Å²) in [6.45, 7) is 12.3. The van der Waals surface area contributed by atoms with Crippen molar-refractivity contribution in [1.82, 2.24) is 15.5 Å². The number of carbonyl (C=O) groups excluding carboxylic acids is 4. The Morgan fingerprint density at radius 1 is 1.09 bits per heavy atom. The van der Waals surface area contributed by atoms with Gasteiger partial charge in [-0.05, 0) is 57.2 Å². The number of likely N-dealkylation sites (N-methyl/N-ethyl adjacent to an activating group) is 1. The summed E-state index contributed by atoms with van der Waals surface area (Å²) in [7, 11) is 2.74. The summed E-state index contributed by atoms with van der Waals surface area (Å²) in [5.41, 5.74) is 1.56. The first-order valence-corrected chi connectivity index (χ1v) is 11.4. The van der Waals surface area contributed by atoms with Crippen molar-refractivity contribution >= 4 is 23.9 Å². The van der Waals surface area contributed by atoms with Crippen LogP contribution >= 0.6 is 0 Å². The van der Waals surface area contributed by atoms with Crippen LogP contribution in [0.15, 0.2) is 18.2 Å². The number of nitrogens with zero attached hydrogens (tertiary/aromatic N) is 1. The standard InChI is InChI=1S/C25H39N3O6/c1-10-15(2)20(27-24(32)34-25(5,6)7)23(31)28(8)21(22(30)26-14-18(29)33-9)19-16(3)12-11-13-17(19)4/h11-13,15,20-21H,10,14H2,1-9H3,(H,26,30)(H,27,32). The fraction of sp³-hybridized carbons (Fsp3) is 0.600. The van der Waals surface area contributed by atoms with Crippen LogP contribution in [0, 0.1) is 19.8 Å². The highest BCUT2D eigenvalue weighted by Gasteiger charge is 2.37. The van der Waals surface area contributed by atoms with Crippen LogP contribution in [-0.4, -0.2) is 61.1 Å². The minimum atomic E-state index is -1.02. The molecule has 0 bridgehead atoms. The first-order valence-electron chi connectivity index (χ1n) is 11.4. The van der Waals surface area contributed by atoms with Gasteiger partial charge in [0, 0.05) is 7.05 Å². The largest absolute Gasteiger partial charge is 0.468 e. The molecule has 34 heavy (non-hydrogen) atoms. The second-order valence-corrected chi connectivity index (χ2v) is 9.46. The van der Waals surface area contributed by atoms with E-state index in [1.54, 1.807) is 20.8 Å². The van der Waals surface area contributed by atoms with Gasteiger partial charge in [-0.2, -0.15) is 0 Å². The number of hydrogen-bond donors (Lipinski definition) is 2. The van der Waals surface area contributed by atoms with Gasteiger partial charge >= 0.3 is 12.1 Å². The predicted molar refractivity (Wildman–Crippen MR) is 129 cm³/mol. The normalized spacial score (nSPS) is 13.8. The average molecular weight is 478 g/mol. The van der Waals surface area contributed by atoms with Crippen molar-refractivity contribution in [2.24, 2.45) is 5.92 Å². The SMILES string of the molecule is CCC(C)C(NC(=O)OC(C)(C)C)C(=O)N(C)C(C(=O)NCC(=O)OC)c1c(C)cccc1C. The van der Waals surface area contributed by atoms with Crippen molar-refractivity contribution < 1.29 is 28.7 Å². The maximum absolute atomic E-state index is 13.7. The molecule has 1 aromatic carbocycles. The van der Waals surface area contributed by atoms with Crippen LogP contribution in [-0.2, 0) is 23.9 Å². The molecule has 190 valence electrons. The molecule has 3 unspecified atom stereocenters. The first-order chi connectivity index (χ1) is 15.7. The van der Waals surface area contributed by atoms with Gasteiger partial charge in [-0.15, -0.1) is 0 Å². The number of amides is 3. The van der Waals surface area contributed by atoms with E-state index in [0.29, 0.717) is 12.0 Å². The molecular weight excluding hydrogens is 438 g/mol. The molecule has 3 amide bonds. The Hall–Kier alpha value is -3.10. The second kappa shape index (κ2) is 12.4. The van der Waals surface area contributed by atoms with Crippen LogP contribution in [0.4, 0.5) is 4.79 Å². The van der Waals surface area contributed by atoms with Crippen LogP contribution in [0.1, 0.15) is 63.8 Å². The molecule has 0 aliphatic carbocycles. The number of esters is 1. The lowest BCUT2D eigenvalue weighted by atomic mass is 9.92. The number of rotatable bonds is 9. The Morgan fingerprint density at radius 3 is 2.12 bits per heavy atom. The smallest absolute Gasteiger partial charge is 0.408 e. The monoisotopic (exact) mass is 477 g/mol. The van der Waals surface area contributed by atoms with Crippen molar-refractivity contribution in [3.63, 3.8) is 0 Å². The summed E-state index contributed by atoms with van der Waals surface area (Å²) in [5, 5.41) is 5.24. The maximum atomic E-state index is 13.7. The zero-order valence-electron chi connectivity index (χ0n) is 21.8. The van der Waals surface area contributed by atoms with Crippen LogP contribution in [0.5, 0.6) is 0 Å². The maximum Gasteiger partial charge on any atom is 0.408 e. The summed E-state index contributed by atoms with van der Waals surface area (Å²) in [4.78, 5) is 52.3. The van der Waals surface area contributed by atoms with E-state index in [1.807, 2.05) is 45.9 Å². The quantitative estimate of drug-likeness (QED) is 0.529. The number of alkyl carbamates (subject to hydrolysis) is 1. The van der Waals surface area contributed by atoms with Gasteiger partial charge in [0.1, 0.15) is 24.2 Å². The molecule has 0 aliphatic rings. The summed E-state index contributed by atoms with van der Waals surface area (Å²) < 4.78 is 9.96. The number of benzene rings is 1. The first kappa shape index (κ1) is 28.9. The number of nitrogens with one attached hydrogen (secondary N) is 2. The molecule has 9 heteroatoms. The molecule has 2 N–H and O–H groups in total. The van der Waals surface area contributed by atoms with Gasteiger partial charge in [0.2, 0.25) is 11.8 Å². The molecule has 3 atom stereocenters. The van der Waals surface area contributed by atoms with Crippen LogP contribution in [0.3, 0.4) is 0 Å². The summed E-state index contributed by atoms with van der Waals surface area (Å²) in [6.07, 6.45) is -0.0962. The molecule has 0 spiro atoms. The lowest BCUT2D eigenvalue weighted by molar-refractivity contribution is -0.144. The van der Waals surface area contributed by atoms with Crippen molar-refractivity contribution in [2.75, 3.05) is 20.7 Å². The molecule has 0 saturated carbocycles. The highest BCUT2D eigenvalue weighted by Crippen LogP contribution is 2.28. The topological polar surface area (TPSA) is 114 Å². The van der Waals surface area contributed by atoms with E-state index in [9.17, 15) is 19.2 Å². The third-order valence-electron chi connectivity index (χ3n) is 5.58. The van der Waals surface area contributed by atoms with Gasteiger partial charge in [0.25, 0.3) is 0 Å². The number of carbonyl (C=O) groups is 4. The lowest BCUT2D eigenvalue weighted by Gasteiger charge is -2.34. The summed E-state index contributed by atoms with van der Waals surface area (Å²) in [6, 6.07) is 3.64. The number of ether oxygens (including phenoxy) is 2. The molecule has 0 fully saturated rings. The van der Waals surface area contributed by atoms with Gasteiger partial charge < -0.3 is 25.0 Å². The lowest BCUT2D eigenvalue weighted by Crippen LogP contribution is -2.54. The van der Waals surface area contributed by atoms with Gasteiger partial charge in [0.05, 0.1) is 7.11 Å². The van der Waals surface area contributed by atoms with Gasteiger partial charge in [0.15, 0.2) is 0 Å². The molecule has 0 saturated heterocycles. The second-order valence-electron chi connectivity index (χ2n) is 9.46. The highest BCUT2D eigenvalue weighted by atomic mass is 16.6. The van der Waals surface area contributed by atoms with E-state index in [4.69, 9.17) is 4.74 Å². The molecule has 0 radical (unpaired) electrons. The van der Waals surface area contributed by atoms with Crippen LogP contribution in [0.25, 0.3) is 0 Å². The fourth-order valence-corrected chi connectivity index (χ4v) is 3.55. The Bertz CT molecular complexity index is 873. The predicted octanol–water partition coefficient (Wildman–Crippen LogP) is 3.03. The van der Waals surface area contributed by atoms with E-state index in [2.05, 4.69) is 15.4 Å². The molecule has 9 nitrogen and oxygen atoms in total. The van der Waals surface area contributed by atoms with Crippen LogP contribution < -0.4 is 10.6 Å². The molecule has 1 rings (SSSR count). The third kappa shape index (κ3) is 8.04. The van der Waals surface area contributed by atoms with Gasteiger partial charge in [-0.1, -0.05) is 38.5 Å². The zero-order valence-corrected chi connectivity index (χ0v) is 21.8. The van der Waals surface area contributed by atoms with E-state index >= 15 is 0 Å². The van der Waals surface area contributed by atoms with Crippen molar-refractivity contribution in [3.8, 4) is 0 Å². The van der Waals surface area contributed by atoms with E-state index < -0.39 is 41.6 Å². The van der Waals surface area contributed by atoms with E-state index in [1.165, 1.54) is 19.1 Å². The van der Waals surface area contributed by atoms with E-state index in [0.717, 1.165) is 11.1 Å². The average Bonchev–Trinajstić information content (AvgIpc) is 2.75. The highest BCUT2D eigenvalue weighted by molar-refractivity contribution is 5.93. The van der Waals surface area contributed by atoms with Crippen molar-refractivity contribution in [3.05, 3.63) is 34.9 Å². The fourth-order valence-electron chi connectivity index (χ4n) is 3.55. The van der Waals surface area contributed by atoms with Crippen LogP contribution in [0.2, 0.25) is 0 Å². The summed E-state index contributed by atoms with van der Waals surface area (Å²) in [5.74, 6) is -1.80. The Balaban J connectivity index is 3.37. The molecular formula is C25H39N3O6. The van der Waals surface area contributed by atoms with E-state index in [-0.39, 0.29) is 12.5 Å². The number of methoxy groups -OCH3 is 1. The summed E-state index contributed by atoms with van der Waals surface area (Å²) >= 11 is 0. The third-order valence-corrected chi connectivity index (χ3v) is 5.58. The number of hydrogen-bond acceptors (Lipinski definition) is 6. The zero-order chi connectivity index (χ0) is 26.2. The Kier molecular flexibility index (Phi) is 10.5. The molecule has 0 aromatic heterocycles. The minimum absolute atomic E-state index is 0.223. The number of aryl methyl sites for hydroxylation is 2. The minimum Gasteiger partial charge on any atom is -0.468 e. The Labute approximate surface area is 202 Å².